The molecule has 0 radical (unpaired) electrons. The number of hydrogen-bond acceptors (Lipinski definition) is 4. The van der Waals surface area contributed by atoms with E-state index in [1.54, 1.807) is 0 Å². The molecule has 0 aliphatic rings. The minimum Gasteiger partial charge on any atom is -0.491 e. The van der Waals surface area contributed by atoms with Gasteiger partial charge in [-0.1, -0.05) is 32.9 Å². The van der Waals surface area contributed by atoms with Gasteiger partial charge in [0.2, 0.25) is 0 Å². The molecule has 0 aromatic heterocycles. The first-order chi connectivity index (χ1) is 13.7. The lowest BCUT2D eigenvalue weighted by Crippen LogP contribution is -2.21. The molecule has 2 aromatic carbocycles. The smallest absolute Gasteiger partial charge is 0.147 e. The van der Waals surface area contributed by atoms with Crippen molar-refractivity contribution in [2.45, 2.75) is 32.3 Å². The normalized spacial score (nSPS) is 13.8. The molecule has 2 aromatic rings. The first kappa shape index (κ1) is 24.5. The zero-order chi connectivity index (χ0) is 21.6. The summed E-state index contributed by atoms with van der Waals surface area (Å²) in [4.78, 5) is 0. The van der Waals surface area contributed by atoms with Gasteiger partial charge in [0.05, 0.1) is 22.2 Å². The van der Waals surface area contributed by atoms with Crippen molar-refractivity contribution < 1.29 is 19.7 Å². The van der Waals surface area contributed by atoms with Crippen LogP contribution in [0.1, 0.15) is 31.9 Å². The van der Waals surface area contributed by atoms with E-state index >= 15 is 0 Å². The molecule has 0 saturated carbocycles. The summed E-state index contributed by atoms with van der Waals surface area (Å²) >= 11 is 13.1. The molecule has 7 heteroatoms. The highest BCUT2D eigenvalue weighted by Gasteiger charge is 2.25. The molecule has 29 heavy (non-hydrogen) atoms. The van der Waals surface area contributed by atoms with Crippen LogP contribution in [0.4, 0.5) is 0 Å². The van der Waals surface area contributed by atoms with Crippen molar-refractivity contribution in [2.75, 3.05) is 25.7 Å². The van der Waals surface area contributed by atoms with Crippen molar-refractivity contribution >= 4 is 43.5 Å². The molecule has 160 valence electrons. The summed E-state index contributed by atoms with van der Waals surface area (Å²) in [6, 6.07) is 11.9. The standard InChI is InChI=1S/C22H27Br2ClO4/c1-14(10-25)12-29-21-19(23)8-16(9-20(21)24)22(2,3)15-4-6-18(7-5-15)28-13-17(27)11-26/h4-9,14,17,26-27H,10-13H2,1-3H3/t14-,17+/m1/s1. The Bertz CT molecular complexity index is 773. The predicted molar refractivity (Wildman–Crippen MR) is 124 cm³/mol. The van der Waals surface area contributed by atoms with E-state index in [0.717, 1.165) is 25.8 Å². The molecule has 0 spiro atoms. The van der Waals surface area contributed by atoms with Gasteiger partial charge in [-0.3, -0.25) is 0 Å². The Morgan fingerprint density at radius 3 is 2.10 bits per heavy atom. The molecule has 0 unspecified atom stereocenters. The summed E-state index contributed by atoms with van der Waals surface area (Å²) in [5, 5.41) is 18.3. The maximum atomic E-state index is 9.41. The van der Waals surface area contributed by atoms with E-state index in [4.69, 9.17) is 26.2 Å². The zero-order valence-corrected chi connectivity index (χ0v) is 20.7. The molecule has 0 heterocycles. The molecule has 0 aliphatic heterocycles. The maximum Gasteiger partial charge on any atom is 0.147 e. The number of alkyl halides is 1. The van der Waals surface area contributed by atoms with Crippen LogP contribution in [0, 0.1) is 5.92 Å². The third kappa shape index (κ3) is 6.59. The molecule has 2 atom stereocenters. The number of halogens is 3. The minimum absolute atomic E-state index is 0.0585. The van der Waals surface area contributed by atoms with Crippen LogP contribution >= 0.6 is 43.5 Å². The number of hydrogen-bond donors (Lipinski definition) is 2. The molecule has 0 bridgehead atoms. The summed E-state index contributed by atoms with van der Waals surface area (Å²) < 4.78 is 13.2. The fraction of sp³-hybridized carbons (Fsp3) is 0.455. The molecule has 0 amide bonds. The van der Waals surface area contributed by atoms with E-state index in [-0.39, 0.29) is 24.5 Å². The Balaban J connectivity index is 2.19. The third-order valence-electron chi connectivity index (χ3n) is 4.72. The van der Waals surface area contributed by atoms with E-state index in [1.807, 2.05) is 31.2 Å². The number of aliphatic hydroxyl groups excluding tert-OH is 2. The van der Waals surface area contributed by atoms with E-state index in [1.165, 1.54) is 0 Å². The van der Waals surface area contributed by atoms with Crippen LogP contribution in [0.5, 0.6) is 11.5 Å². The van der Waals surface area contributed by atoms with Gasteiger partial charge in [0.1, 0.15) is 24.2 Å². The zero-order valence-electron chi connectivity index (χ0n) is 16.8. The first-order valence-corrected chi connectivity index (χ1v) is 11.5. The van der Waals surface area contributed by atoms with Gasteiger partial charge in [-0.15, -0.1) is 11.6 Å². The van der Waals surface area contributed by atoms with Crippen molar-refractivity contribution in [3.8, 4) is 11.5 Å². The lowest BCUT2D eigenvalue weighted by molar-refractivity contribution is 0.0536. The maximum absolute atomic E-state index is 9.41. The van der Waals surface area contributed by atoms with Crippen molar-refractivity contribution in [3.05, 3.63) is 56.5 Å². The van der Waals surface area contributed by atoms with E-state index < -0.39 is 6.10 Å². The van der Waals surface area contributed by atoms with Crippen molar-refractivity contribution in [1.29, 1.82) is 0 Å². The van der Waals surface area contributed by atoms with E-state index in [0.29, 0.717) is 18.2 Å². The molecule has 0 fully saturated rings. The topological polar surface area (TPSA) is 58.9 Å². The highest BCUT2D eigenvalue weighted by molar-refractivity contribution is 9.11. The van der Waals surface area contributed by atoms with E-state index in [9.17, 15) is 5.11 Å². The molecule has 4 nitrogen and oxygen atoms in total. The van der Waals surface area contributed by atoms with Crippen molar-refractivity contribution in [3.63, 3.8) is 0 Å². The number of ether oxygens (including phenoxy) is 2. The molecule has 2 rings (SSSR count). The van der Waals surface area contributed by atoms with Crippen LogP contribution in [-0.4, -0.2) is 42.0 Å². The summed E-state index contributed by atoms with van der Waals surface area (Å²) in [5.41, 5.74) is 1.99. The van der Waals surface area contributed by atoms with Crippen molar-refractivity contribution in [1.82, 2.24) is 0 Å². The Labute approximate surface area is 194 Å². The largest absolute Gasteiger partial charge is 0.491 e. The van der Waals surface area contributed by atoms with Gasteiger partial charge >= 0.3 is 0 Å². The van der Waals surface area contributed by atoms with E-state index in [2.05, 4.69) is 57.8 Å². The Kier molecular flexibility index (Phi) is 9.29. The van der Waals surface area contributed by atoms with Crippen LogP contribution in [0.2, 0.25) is 0 Å². The van der Waals surface area contributed by atoms with Crippen LogP contribution < -0.4 is 9.47 Å². The first-order valence-electron chi connectivity index (χ1n) is 9.39. The van der Waals surface area contributed by atoms with Gasteiger partial charge < -0.3 is 19.7 Å². The Hall–Kier alpha value is -0.790. The Morgan fingerprint density at radius 2 is 1.59 bits per heavy atom. The lowest BCUT2D eigenvalue weighted by Gasteiger charge is -2.27. The van der Waals surface area contributed by atoms with Crippen LogP contribution in [0.3, 0.4) is 0 Å². The average Bonchev–Trinajstić information content (AvgIpc) is 2.71. The summed E-state index contributed by atoms with van der Waals surface area (Å²) in [7, 11) is 0. The number of aliphatic hydroxyl groups is 2. The fourth-order valence-electron chi connectivity index (χ4n) is 2.71. The molecule has 0 aliphatic carbocycles. The van der Waals surface area contributed by atoms with Crippen LogP contribution in [0.15, 0.2) is 45.3 Å². The molecular formula is C22H27Br2ClO4. The summed E-state index contributed by atoms with van der Waals surface area (Å²) in [6.07, 6.45) is -0.881. The number of rotatable bonds is 10. The molecular weight excluding hydrogens is 523 g/mol. The molecule has 0 saturated heterocycles. The summed E-state index contributed by atoms with van der Waals surface area (Å²) in [5.74, 6) is 2.24. The van der Waals surface area contributed by atoms with Gasteiger partial charge in [0, 0.05) is 17.2 Å². The highest BCUT2D eigenvalue weighted by Crippen LogP contribution is 2.41. The second-order valence-electron chi connectivity index (χ2n) is 7.64. The quantitative estimate of drug-likeness (QED) is 0.383. The van der Waals surface area contributed by atoms with Gasteiger partial charge in [0.15, 0.2) is 0 Å². The average molecular weight is 551 g/mol. The second kappa shape index (κ2) is 11.0. The minimum atomic E-state index is -0.881. The van der Waals surface area contributed by atoms with Crippen LogP contribution in [0.25, 0.3) is 0 Å². The van der Waals surface area contributed by atoms with Gasteiger partial charge in [-0.25, -0.2) is 0 Å². The second-order valence-corrected chi connectivity index (χ2v) is 9.65. The predicted octanol–water partition coefficient (Wildman–Crippen LogP) is 5.52. The third-order valence-corrected chi connectivity index (χ3v) is 6.43. The summed E-state index contributed by atoms with van der Waals surface area (Å²) in [6.45, 7) is 6.65. The number of benzene rings is 2. The highest BCUT2D eigenvalue weighted by atomic mass is 79.9. The van der Waals surface area contributed by atoms with Crippen molar-refractivity contribution in [2.24, 2.45) is 5.92 Å². The van der Waals surface area contributed by atoms with Crippen LogP contribution in [-0.2, 0) is 5.41 Å². The van der Waals surface area contributed by atoms with Gasteiger partial charge in [-0.05, 0) is 67.3 Å². The Morgan fingerprint density at radius 1 is 1.00 bits per heavy atom. The fourth-order valence-corrected chi connectivity index (χ4v) is 4.21. The lowest BCUT2D eigenvalue weighted by atomic mass is 9.78. The van der Waals surface area contributed by atoms with Gasteiger partial charge in [0.25, 0.3) is 0 Å². The molecule has 2 N–H and O–H groups in total. The monoisotopic (exact) mass is 548 g/mol. The van der Waals surface area contributed by atoms with Gasteiger partial charge in [-0.2, -0.15) is 0 Å². The SMILES string of the molecule is C[C@H](CCl)COc1c(Br)cc(C(C)(C)c2ccc(OC[C@@H](O)CO)cc2)cc1Br.